The van der Waals surface area contributed by atoms with Gasteiger partial charge in [0.2, 0.25) is 0 Å². The van der Waals surface area contributed by atoms with Crippen molar-refractivity contribution in [1.82, 2.24) is 4.98 Å². The Morgan fingerprint density at radius 1 is 1.10 bits per heavy atom. The molecule has 0 saturated heterocycles. The van der Waals surface area contributed by atoms with Crippen molar-refractivity contribution >= 4 is 38.4 Å². The fourth-order valence-corrected chi connectivity index (χ4v) is 2.92. The van der Waals surface area contributed by atoms with Gasteiger partial charge >= 0.3 is 0 Å². The van der Waals surface area contributed by atoms with Crippen molar-refractivity contribution in [1.29, 1.82) is 0 Å². The predicted molar refractivity (Wildman–Crippen MR) is 90.9 cm³/mol. The van der Waals surface area contributed by atoms with Gasteiger partial charge in [0.1, 0.15) is 0 Å². The Balaban J connectivity index is 2.31. The molecule has 3 aromatic rings. The summed E-state index contributed by atoms with van der Waals surface area (Å²) in [7, 11) is 0. The molecule has 0 spiro atoms. The lowest BCUT2D eigenvalue weighted by Crippen LogP contribution is -2.01. The van der Waals surface area contributed by atoms with E-state index in [1.807, 2.05) is 54.6 Å². The van der Waals surface area contributed by atoms with Crippen LogP contribution >= 0.6 is 27.5 Å². The topological polar surface area (TPSA) is 33.1 Å². The number of aliphatic hydroxyl groups excluding tert-OH is 1. The normalized spacial score (nSPS) is 12.5. The minimum Gasteiger partial charge on any atom is -0.388 e. The van der Waals surface area contributed by atoms with Crippen LogP contribution in [0.3, 0.4) is 0 Å². The lowest BCUT2D eigenvalue weighted by Gasteiger charge is -2.14. The third-order valence-corrected chi connectivity index (χ3v) is 4.32. The van der Waals surface area contributed by atoms with Gasteiger partial charge < -0.3 is 5.11 Å². The van der Waals surface area contributed by atoms with Crippen LogP contribution in [0.4, 0.5) is 0 Å². The SMILES string of the molecule is O[C@H](CBr)c1cc(-c2ccccc2)nc2c(Cl)cccc12. The molecule has 4 heteroatoms. The summed E-state index contributed by atoms with van der Waals surface area (Å²) in [6, 6.07) is 17.4. The molecule has 2 aromatic carbocycles. The number of pyridine rings is 1. The third-order valence-electron chi connectivity index (χ3n) is 3.40. The van der Waals surface area contributed by atoms with Crippen molar-refractivity contribution in [2.45, 2.75) is 6.10 Å². The van der Waals surface area contributed by atoms with Crippen molar-refractivity contribution in [3.8, 4) is 11.3 Å². The zero-order valence-corrected chi connectivity index (χ0v) is 13.5. The van der Waals surface area contributed by atoms with E-state index in [0.717, 1.165) is 27.7 Å². The van der Waals surface area contributed by atoms with E-state index in [2.05, 4.69) is 20.9 Å². The van der Waals surface area contributed by atoms with Gasteiger partial charge in [0.25, 0.3) is 0 Å². The van der Waals surface area contributed by atoms with E-state index in [0.29, 0.717) is 10.4 Å². The van der Waals surface area contributed by atoms with Gasteiger partial charge in [-0.3, -0.25) is 0 Å². The molecule has 0 fully saturated rings. The van der Waals surface area contributed by atoms with Gasteiger partial charge in [-0.1, -0.05) is 70.0 Å². The number of para-hydroxylation sites is 1. The maximum atomic E-state index is 10.3. The minimum atomic E-state index is -0.601. The molecule has 106 valence electrons. The number of hydrogen-bond acceptors (Lipinski definition) is 2. The maximum Gasteiger partial charge on any atom is 0.0899 e. The van der Waals surface area contributed by atoms with Gasteiger partial charge in [0.05, 0.1) is 22.3 Å². The number of fused-ring (bicyclic) bond motifs is 1. The van der Waals surface area contributed by atoms with Gasteiger partial charge in [0.15, 0.2) is 0 Å². The standard InChI is InChI=1S/C17H13BrClNO/c18-10-16(21)13-9-15(11-5-2-1-3-6-11)20-17-12(13)7-4-8-14(17)19/h1-9,16,21H,10H2/t16-/m1/s1. The molecule has 21 heavy (non-hydrogen) atoms. The van der Waals surface area contributed by atoms with Crippen molar-refractivity contribution < 1.29 is 5.11 Å². The number of rotatable bonds is 3. The Bertz CT molecular complexity index is 776. The van der Waals surface area contributed by atoms with E-state index in [1.165, 1.54) is 0 Å². The summed E-state index contributed by atoms with van der Waals surface area (Å²) in [5, 5.41) is 12.2. The molecule has 2 nitrogen and oxygen atoms in total. The molecule has 3 rings (SSSR count). The van der Waals surface area contributed by atoms with E-state index in [1.54, 1.807) is 0 Å². The largest absolute Gasteiger partial charge is 0.388 e. The summed E-state index contributed by atoms with van der Waals surface area (Å²) in [6.07, 6.45) is -0.601. The van der Waals surface area contributed by atoms with Crippen molar-refractivity contribution in [2.75, 3.05) is 5.33 Å². The van der Waals surface area contributed by atoms with E-state index in [-0.39, 0.29) is 0 Å². The monoisotopic (exact) mass is 361 g/mol. The van der Waals surface area contributed by atoms with Gasteiger partial charge in [-0.2, -0.15) is 0 Å². The van der Waals surface area contributed by atoms with E-state index in [9.17, 15) is 5.11 Å². The first kappa shape index (κ1) is 14.5. The second kappa shape index (κ2) is 6.14. The van der Waals surface area contributed by atoms with Crippen LogP contribution in [0.5, 0.6) is 0 Å². The molecule has 1 heterocycles. The van der Waals surface area contributed by atoms with Gasteiger partial charge in [-0.25, -0.2) is 4.98 Å². The number of benzene rings is 2. The number of alkyl halides is 1. The second-order valence-electron chi connectivity index (χ2n) is 4.77. The summed E-state index contributed by atoms with van der Waals surface area (Å²) < 4.78 is 0. The van der Waals surface area contributed by atoms with Crippen LogP contribution in [-0.4, -0.2) is 15.4 Å². The number of aromatic nitrogens is 1. The van der Waals surface area contributed by atoms with Crippen molar-refractivity contribution in [3.63, 3.8) is 0 Å². The Morgan fingerprint density at radius 3 is 2.57 bits per heavy atom. The van der Waals surface area contributed by atoms with Crippen LogP contribution in [-0.2, 0) is 0 Å². The molecule has 1 N–H and O–H groups in total. The van der Waals surface area contributed by atoms with Crippen molar-refractivity contribution in [3.05, 3.63) is 65.2 Å². The fourth-order valence-electron chi connectivity index (χ4n) is 2.36. The molecule has 0 amide bonds. The Hall–Kier alpha value is -1.42. The smallest absolute Gasteiger partial charge is 0.0899 e. The van der Waals surface area contributed by atoms with E-state index in [4.69, 9.17) is 11.6 Å². The first-order valence-electron chi connectivity index (χ1n) is 6.59. The summed E-state index contributed by atoms with van der Waals surface area (Å²) in [5.41, 5.74) is 3.36. The van der Waals surface area contributed by atoms with Crippen LogP contribution in [0.25, 0.3) is 22.2 Å². The van der Waals surface area contributed by atoms with Crippen LogP contribution in [0.2, 0.25) is 5.02 Å². The summed E-state index contributed by atoms with van der Waals surface area (Å²) in [4.78, 5) is 4.66. The van der Waals surface area contributed by atoms with Gasteiger partial charge in [-0.15, -0.1) is 0 Å². The molecule has 0 aliphatic rings. The molecule has 0 saturated carbocycles. The highest BCUT2D eigenvalue weighted by atomic mass is 79.9. The number of hydrogen-bond donors (Lipinski definition) is 1. The second-order valence-corrected chi connectivity index (χ2v) is 5.82. The molecule has 0 aliphatic carbocycles. The van der Waals surface area contributed by atoms with Crippen LogP contribution in [0, 0.1) is 0 Å². The number of halogens is 2. The highest BCUT2D eigenvalue weighted by Crippen LogP contribution is 2.32. The first-order chi connectivity index (χ1) is 10.2. The van der Waals surface area contributed by atoms with Crippen LogP contribution < -0.4 is 0 Å². The third kappa shape index (κ3) is 2.82. The van der Waals surface area contributed by atoms with Crippen molar-refractivity contribution in [2.24, 2.45) is 0 Å². The molecule has 0 bridgehead atoms. The van der Waals surface area contributed by atoms with Gasteiger partial charge in [0, 0.05) is 16.3 Å². The van der Waals surface area contributed by atoms with Gasteiger partial charge in [-0.05, 0) is 17.7 Å². The van der Waals surface area contributed by atoms with Crippen LogP contribution in [0.15, 0.2) is 54.6 Å². The highest BCUT2D eigenvalue weighted by Gasteiger charge is 2.15. The average Bonchev–Trinajstić information content (AvgIpc) is 2.54. The Kier molecular flexibility index (Phi) is 4.24. The fraction of sp³-hybridized carbons (Fsp3) is 0.118. The molecular formula is C17H13BrClNO. The molecule has 0 unspecified atom stereocenters. The number of aliphatic hydroxyl groups is 1. The first-order valence-corrected chi connectivity index (χ1v) is 8.09. The maximum absolute atomic E-state index is 10.3. The minimum absolute atomic E-state index is 0.465. The summed E-state index contributed by atoms with van der Waals surface area (Å²) in [5.74, 6) is 0. The lowest BCUT2D eigenvalue weighted by atomic mass is 10.0. The number of nitrogens with zero attached hydrogens (tertiary/aromatic N) is 1. The zero-order chi connectivity index (χ0) is 14.8. The van der Waals surface area contributed by atoms with E-state index < -0.39 is 6.10 Å². The Labute approximate surface area is 136 Å². The lowest BCUT2D eigenvalue weighted by molar-refractivity contribution is 0.207. The predicted octanol–water partition coefficient (Wildman–Crippen LogP) is 4.98. The molecule has 0 radical (unpaired) electrons. The van der Waals surface area contributed by atoms with Crippen LogP contribution in [0.1, 0.15) is 11.7 Å². The quantitative estimate of drug-likeness (QED) is 0.666. The molecule has 1 aromatic heterocycles. The molecule has 0 aliphatic heterocycles. The molecule has 1 atom stereocenters. The Morgan fingerprint density at radius 2 is 1.86 bits per heavy atom. The average molecular weight is 363 g/mol. The summed E-state index contributed by atoms with van der Waals surface area (Å²) in [6.45, 7) is 0. The zero-order valence-electron chi connectivity index (χ0n) is 11.1. The van der Waals surface area contributed by atoms with E-state index >= 15 is 0 Å². The summed E-state index contributed by atoms with van der Waals surface area (Å²) >= 11 is 9.61. The highest BCUT2D eigenvalue weighted by molar-refractivity contribution is 9.09. The molecular weight excluding hydrogens is 350 g/mol.